The number of benzene rings is 1. The lowest BCUT2D eigenvalue weighted by Gasteiger charge is -2.39. The number of piperazine rings is 1. The summed E-state index contributed by atoms with van der Waals surface area (Å²) in [7, 11) is 0. The third kappa shape index (κ3) is 4.44. The summed E-state index contributed by atoms with van der Waals surface area (Å²) >= 11 is 6.05. The minimum absolute atomic E-state index is 0.209. The number of rotatable bonds is 5. The number of hydrogen-bond donors (Lipinski definition) is 0. The van der Waals surface area contributed by atoms with Gasteiger partial charge in [-0.15, -0.1) is 0 Å². The van der Waals surface area contributed by atoms with E-state index >= 15 is 0 Å². The van der Waals surface area contributed by atoms with E-state index in [-0.39, 0.29) is 5.41 Å². The van der Waals surface area contributed by atoms with E-state index in [0.29, 0.717) is 36.4 Å². The van der Waals surface area contributed by atoms with Gasteiger partial charge < -0.3 is 9.42 Å². The first-order valence-corrected chi connectivity index (χ1v) is 11.3. The van der Waals surface area contributed by atoms with E-state index in [4.69, 9.17) is 21.1 Å². The highest BCUT2D eigenvalue weighted by Crippen LogP contribution is 2.48. The van der Waals surface area contributed by atoms with Gasteiger partial charge in [0.05, 0.1) is 17.5 Å². The summed E-state index contributed by atoms with van der Waals surface area (Å²) in [5.74, 6) is 1.85. The number of alkyl halides is 3. The topological polar surface area (TPSA) is 58.3 Å². The molecule has 5 rings (SSSR count). The van der Waals surface area contributed by atoms with Crippen LogP contribution < -0.4 is 4.90 Å². The predicted octanol–water partition coefficient (Wildman–Crippen LogP) is 4.93. The van der Waals surface area contributed by atoms with Gasteiger partial charge in [0.1, 0.15) is 5.82 Å². The van der Waals surface area contributed by atoms with Gasteiger partial charge in [0, 0.05) is 37.4 Å². The van der Waals surface area contributed by atoms with Crippen LogP contribution in [-0.4, -0.2) is 46.2 Å². The van der Waals surface area contributed by atoms with Gasteiger partial charge in [-0.25, -0.2) is 4.98 Å². The normalized spacial score (nSPS) is 18.8. The van der Waals surface area contributed by atoms with Crippen molar-refractivity contribution in [2.75, 3.05) is 31.1 Å². The maximum absolute atomic E-state index is 12.7. The third-order valence-corrected chi connectivity index (χ3v) is 6.88. The Morgan fingerprint density at radius 2 is 1.73 bits per heavy atom. The van der Waals surface area contributed by atoms with Gasteiger partial charge in [0.15, 0.2) is 5.82 Å². The first-order chi connectivity index (χ1) is 15.8. The maximum Gasteiger partial charge on any atom is 0.417 e. The lowest BCUT2D eigenvalue weighted by Crippen LogP contribution is -2.46. The van der Waals surface area contributed by atoms with Gasteiger partial charge in [-0.3, -0.25) is 4.90 Å². The summed E-state index contributed by atoms with van der Waals surface area (Å²) in [5.41, 5.74) is 0.210. The largest absolute Gasteiger partial charge is 0.417 e. The Hall–Kier alpha value is -2.65. The minimum Gasteiger partial charge on any atom is -0.354 e. The van der Waals surface area contributed by atoms with Crippen LogP contribution in [0.25, 0.3) is 0 Å². The van der Waals surface area contributed by atoms with Crippen LogP contribution >= 0.6 is 11.6 Å². The predicted molar refractivity (Wildman–Crippen MR) is 117 cm³/mol. The molecule has 1 aromatic carbocycles. The van der Waals surface area contributed by atoms with Gasteiger partial charge in [0.25, 0.3) is 0 Å². The second kappa shape index (κ2) is 8.61. The molecule has 0 amide bonds. The number of anilines is 1. The van der Waals surface area contributed by atoms with Gasteiger partial charge >= 0.3 is 6.18 Å². The molecule has 2 fully saturated rings. The van der Waals surface area contributed by atoms with Crippen LogP contribution in [-0.2, 0) is 18.1 Å². The molecule has 0 spiro atoms. The molecule has 1 saturated carbocycles. The van der Waals surface area contributed by atoms with Crippen molar-refractivity contribution in [1.82, 2.24) is 20.0 Å². The van der Waals surface area contributed by atoms with E-state index < -0.39 is 11.7 Å². The van der Waals surface area contributed by atoms with Gasteiger partial charge in [-0.2, -0.15) is 18.2 Å². The molecular weight excluding hydrogens is 455 g/mol. The van der Waals surface area contributed by atoms with Crippen molar-refractivity contribution >= 4 is 17.4 Å². The number of hydrogen-bond acceptors (Lipinski definition) is 6. The fourth-order valence-corrected chi connectivity index (χ4v) is 4.65. The van der Waals surface area contributed by atoms with Crippen molar-refractivity contribution in [2.45, 2.75) is 37.4 Å². The van der Waals surface area contributed by atoms with Crippen LogP contribution in [0.4, 0.5) is 19.0 Å². The zero-order valence-electron chi connectivity index (χ0n) is 17.9. The summed E-state index contributed by atoms with van der Waals surface area (Å²) in [5, 5.41) is 5.01. The first kappa shape index (κ1) is 22.2. The van der Waals surface area contributed by atoms with E-state index in [1.165, 1.54) is 6.07 Å². The van der Waals surface area contributed by atoms with Crippen LogP contribution in [0.2, 0.25) is 5.02 Å². The SMILES string of the molecule is FC(F)(F)c1ccc(N2CCN(Cc3nc(C4(c5ccc(Cl)cc5)CCC4)no3)CC2)nc1. The molecule has 0 N–H and O–H groups in total. The van der Waals surface area contributed by atoms with Gasteiger partial charge in [0.2, 0.25) is 5.89 Å². The molecule has 174 valence electrons. The number of pyridine rings is 1. The average molecular weight is 478 g/mol. The fourth-order valence-electron chi connectivity index (χ4n) is 4.52. The molecule has 2 aliphatic rings. The number of aromatic nitrogens is 3. The molecule has 10 heteroatoms. The first-order valence-electron chi connectivity index (χ1n) is 10.9. The highest BCUT2D eigenvalue weighted by Gasteiger charge is 2.44. The maximum atomic E-state index is 12.7. The smallest absolute Gasteiger partial charge is 0.354 e. The zero-order chi connectivity index (χ0) is 23.1. The fraction of sp³-hybridized carbons (Fsp3) is 0.435. The van der Waals surface area contributed by atoms with Gasteiger partial charge in [-0.1, -0.05) is 35.3 Å². The highest BCUT2D eigenvalue weighted by atomic mass is 35.5. The molecule has 3 heterocycles. The van der Waals surface area contributed by atoms with Crippen LogP contribution in [0.5, 0.6) is 0 Å². The Kier molecular flexibility index (Phi) is 5.78. The molecule has 1 aliphatic carbocycles. The van der Waals surface area contributed by atoms with E-state index in [9.17, 15) is 13.2 Å². The second-order valence-corrected chi connectivity index (χ2v) is 9.06. The van der Waals surface area contributed by atoms with Crippen LogP contribution in [0.15, 0.2) is 47.1 Å². The molecule has 3 aromatic rings. The lowest BCUT2D eigenvalue weighted by molar-refractivity contribution is -0.137. The van der Waals surface area contributed by atoms with Crippen LogP contribution in [0.3, 0.4) is 0 Å². The Labute approximate surface area is 194 Å². The van der Waals surface area contributed by atoms with Gasteiger partial charge in [-0.05, 0) is 42.7 Å². The summed E-state index contributed by atoms with van der Waals surface area (Å²) in [6.45, 7) is 3.31. The van der Waals surface area contributed by atoms with E-state index in [0.717, 1.165) is 56.0 Å². The Morgan fingerprint density at radius 1 is 1.00 bits per heavy atom. The molecule has 2 aromatic heterocycles. The lowest BCUT2D eigenvalue weighted by atomic mass is 9.64. The summed E-state index contributed by atoms with van der Waals surface area (Å²) in [6.07, 6.45) is -0.414. The molecule has 0 radical (unpaired) electrons. The van der Waals surface area contributed by atoms with Crippen LogP contribution in [0.1, 0.15) is 42.1 Å². The summed E-state index contributed by atoms with van der Waals surface area (Å²) in [6, 6.07) is 10.4. The average Bonchev–Trinajstić information content (AvgIpc) is 3.23. The highest BCUT2D eigenvalue weighted by molar-refractivity contribution is 6.30. The van der Waals surface area contributed by atoms with E-state index in [1.807, 2.05) is 29.2 Å². The zero-order valence-corrected chi connectivity index (χ0v) is 18.6. The van der Waals surface area contributed by atoms with Crippen LogP contribution in [0, 0.1) is 0 Å². The minimum atomic E-state index is -4.38. The van der Waals surface area contributed by atoms with E-state index in [2.05, 4.69) is 15.0 Å². The number of nitrogens with zero attached hydrogens (tertiary/aromatic N) is 5. The standard InChI is InChI=1S/C23H23ClF3N5O/c24-18-5-2-16(3-6-18)22(8-1-9-22)21-29-20(33-30-21)15-31-10-12-32(13-11-31)19-7-4-17(14-28-19)23(25,26)27/h2-7,14H,1,8-13,15H2. The molecule has 1 aliphatic heterocycles. The van der Waals surface area contributed by atoms with Crippen molar-refractivity contribution < 1.29 is 17.7 Å². The van der Waals surface area contributed by atoms with Crippen molar-refractivity contribution in [2.24, 2.45) is 0 Å². The molecule has 33 heavy (non-hydrogen) atoms. The molecule has 0 unspecified atom stereocenters. The third-order valence-electron chi connectivity index (χ3n) is 6.63. The van der Waals surface area contributed by atoms with Crippen molar-refractivity contribution in [3.8, 4) is 0 Å². The molecule has 1 saturated heterocycles. The van der Waals surface area contributed by atoms with Crippen molar-refractivity contribution in [3.63, 3.8) is 0 Å². The molecule has 6 nitrogen and oxygen atoms in total. The van der Waals surface area contributed by atoms with E-state index in [1.54, 1.807) is 0 Å². The monoisotopic (exact) mass is 477 g/mol. The van der Waals surface area contributed by atoms with Crippen molar-refractivity contribution in [1.29, 1.82) is 0 Å². The Balaban J connectivity index is 1.20. The molecule has 0 atom stereocenters. The molecular formula is C23H23ClF3N5O. The summed E-state index contributed by atoms with van der Waals surface area (Å²) < 4.78 is 43.8. The second-order valence-electron chi connectivity index (χ2n) is 8.62. The Morgan fingerprint density at radius 3 is 2.30 bits per heavy atom. The number of halogens is 4. The quantitative estimate of drug-likeness (QED) is 0.519. The van der Waals surface area contributed by atoms with Crippen molar-refractivity contribution in [3.05, 3.63) is 70.5 Å². The molecule has 0 bridgehead atoms. The Bertz CT molecular complexity index is 1090. The summed E-state index contributed by atoms with van der Waals surface area (Å²) in [4.78, 5) is 12.9.